The number of nitrogens with zero attached hydrogens (tertiary/aromatic N) is 1. The van der Waals surface area contributed by atoms with Crippen molar-refractivity contribution < 1.29 is 0 Å². The maximum atomic E-state index is 5.94. The van der Waals surface area contributed by atoms with E-state index in [2.05, 4.69) is 25.4 Å². The second kappa shape index (κ2) is 4.08. The Balaban J connectivity index is 3.15. The number of nitrogens with two attached hydrogens (primary N) is 1. The van der Waals surface area contributed by atoms with E-state index in [1.165, 1.54) is 0 Å². The molecule has 1 rings (SSSR count). The van der Waals surface area contributed by atoms with Crippen molar-refractivity contribution in [1.29, 1.82) is 0 Å². The molecule has 70 valence electrons. The van der Waals surface area contributed by atoms with Gasteiger partial charge >= 0.3 is 0 Å². The van der Waals surface area contributed by atoms with Gasteiger partial charge in [-0.3, -0.25) is 4.98 Å². The van der Waals surface area contributed by atoms with Gasteiger partial charge in [0.1, 0.15) is 0 Å². The molecule has 0 bridgehead atoms. The highest BCUT2D eigenvalue weighted by atomic mass is 14.7. The van der Waals surface area contributed by atoms with Crippen LogP contribution in [0, 0.1) is 0 Å². The number of rotatable bonds is 3. The van der Waals surface area contributed by atoms with Crippen molar-refractivity contribution in [3.63, 3.8) is 0 Å². The maximum absolute atomic E-state index is 5.94. The third-order valence-corrected chi connectivity index (χ3v) is 2.35. The molecule has 0 fully saturated rings. The molecule has 1 aromatic rings. The summed E-state index contributed by atoms with van der Waals surface area (Å²) in [5.74, 6) is 0.417. The molecule has 1 heterocycles. The zero-order valence-corrected chi connectivity index (χ0v) is 8.25. The van der Waals surface area contributed by atoms with Gasteiger partial charge in [0.2, 0.25) is 0 Å². The van der Waals surface area contributed by atoms with Gasteiger partial charge in [-0.2, -0.15) is 0 Å². The lowest BCUT2D eigenvalue weighted by molar-refractivity contribution is 0.710. The minimum atomic E-state index is 0.417. The Morgan fingerprint density at radius 3 is 2.92 bits per heavy atom. The summed E-state index contributed by atoms with van der Waals surface area (Å²) in [6.07, 6.45) is 4.61. The van der Waals surface area contributed by atoms with E-state index < -0.39 is 0 Å². The molecule has 1 unspecified atom stereocenters. The number of hydrogen-bond acceptors (Lipinski definition) is 2. The molecule has 1 atom stereocenters. The first kappa shape index (κ1) is 9.78. The molecule has 0 saturated heterocycles. The molecule has 0 aliphatic heterocycles. The Morgan fingerprint density at radius 2 is 2.38 bits per heavy atom. The van der Waals surface area contributed by atoms with Gasteiger partial charge in [-0.05, 0) is 12.5 Å². The topological polar surface area (TPSA) is 38.9 Å². The molecular formula is C11H16N2. The van der Waals surface area contributed by atoms with E-state index in [-0.39, 0.29) is 0 Å². The highest BCUT2D eigenvalue weighted by Gasteiger charge is 2.09. The Hall–Kier alpha value is -1.31. The van der Waals surface area contributed by atoms with Crippen LogP contribution in [0.25, 0.3) is 6.08 Å². The molecule has 0 aliphatic carbocycles. The zero-order chi connectivity index (χ0) is 9.84. The molecule has 0 aromatic carbocycles. The van der Waals surface area contributed by atoms with E-state index >= 15 is 0 Å². The minimum absolute atomic E-state index is 0.417. The van der Waals surface area contributed by atoms with Crippen LogP contribution in [0.1, 0.15) is 37.4 Å². The van der Waals surface area contributed by atoms with Gasteiger partial charge in [0.25, 0.3) is 0 Å². The molecule has 0 aliphatic rings. The highest BCUT2D eigenvalue weighted by Crippen LogP contribution is 2.25. The van der Waals surface area contributed by atoms with Crippen molar-refractivity contribution in [2.45, 2.75) is 26.2 Å². The maximum Gasteiger partial charge on any atom is 0.0666 e. The van der Waals surface area contributed by atoms with Gasteiger partial charge in [-0.25, -0.2) is 0 Å². The van der Waals surface area contributed by atoms with Crippen LogP contribution in [-0.2, 0) is 0 Å². The first-order valence-corrected chi connectivity index (χ1v) is 4.57. The highest BCUT2D eigenvalue weighted by molar-refractivity contribution is 5.65. The molecule has 0 spiro atoms. The summed E-state index contributed by atoms with van der Waals surface area (Å²) in [5, 5.41) is 0. The Labute approximate surface area is 79.5 Å². The average Bonchev–Trinajstić information content (AvgIpc) is 2.17. The monoisotopic (exact) mass is 176 g/mol. The fourth-order valence-corrected chi connectivity index (χ4v) is 1.27. The molecule has 1 aromatic heterocycles. The lowest BCUT2D eigenvalue weighted by Gasteiger charge is -2.12. The van der Waals surface area contributed by atoms with Crippen LogP contribution in [0.4, 0.5) is 5.69 Å². The fraction of sp³-hybridized carbons (Fsp3) is 0.364. The second-order valence-corrected chi connectivity index (χ2v) is 3.21. The van der Waals surface area contributed by atoms with Gasteiger partial charge in [0.05, 0.1) is 11.4 Å². The quantitative estimate of drug-likeness (QED) is 0.769. The Kier molecular flexibility index (Phi) is 3.07. The number of aromatic nitrogens is 1. The summed E-state index contributed by atoms with van der Waals surface area (Å²) in [5.41, 5.74) is 8.67. The normalized spacial score (nSPS) is 12.5. The van der Waals surface area contributed by atoms with E-state index in [1.807, 2.05) is 6.07 Å². The average molecular weight is 176 g/mol. The summed E-state index contributed by atoms with van der Waals surface area (Å²) >= 11 is 0. The molecular weight excluding hydrogens is 160 g/mol. The summed E-state index contributed by atoms with van der Waals surface area (Å²) in [6.45, 7) is 7.97. The van der Waals surface area contributed by atoms with Gasteiger partial charge in [0.15, 0.2) is 0 Å². The van der Waals surface area contributed by atoms with Crippen molar-refractivity contribution in [3.8, 4) is 0 Å². The van der Waals surface area contributed by atoms with E-state index in [9.17, 15) is 0 Å². The summed E-state index contributed by atoms with van der Waals surface area (Å²) in [6, 6.07) is 1.88. The third kappa shape index (κ3) is 1.89. The van der Waals surface area contributed by atoms with E-state index in [0.29, 0.717) is 5.92 Å². The van der Waals surface area contributed by atoms with E-state index in [4.69, 9.17) is 5.73 Å². The second-order valence-electron chi connectivity index (χ2n) is 3.21. The molecule has 0 radical (unpaired) electrons. The number of nitrogen functional groups attached to an aromatic ring is 1. The lowest BCUT2D eigenvalue weighted by atomic mass is 10.0. The van der Waals surface area contributed by atoms with Crippen LogP contribution >= 0.6 is 0 Å². The predicted octanol–water partition coefficient (Wildman–Crippen LogP) is 2.82. The summed E-state index contributed by atoms with van der Waals surface area (Å²) < 4.78 is 0. The predicted molar refractivity (Wildman–Crippen MR) is 57.4 cm³/mol. The van der Waals surface area contributed by atoms with Crippen molar-refractivity contribution in [1.82, 2.24) is 4.98 Å². The van der Waals surface area contributed by atoms with Crippen LogP contribution in [0.2, 0.25) is 0 Å². The van der Waals surface area contributed by atoms with E-state index in [0.717, 1.165) is 23.4 Å². The van der Waals surface area contributed by atoms with Crippen LogP contribution < -0.4 is 5.73 Å². The Morgan fingerprint density at radius 1 is 1.69 bits per heavy atom. The van der Waals surface area contributed by atoms with Gasteiger partial charge in [-0.15, -0.1) is 0 Å². The first-order chi connectivity index (χ1) is 6.20. The minimum Gasteiger partial charge on any atom is -0.397 e. The van der Waals surface area contributed by atoms with Gasteiger partial charge in [0, 0.05) is 17.7 Å². The van der Waals surface area contributed by atoms with E-state index in [1.54, 1.807) is 12.3 Å². The van der Waals surface area contributed by atoms with Crippen molar-refractivity contribution in [2.24, 2.45) is 0 Å². The lowest BCUT2D eigenvalue weighted by Crippen LogP contribution is -2.03. The molecule has 0 saturated carbocycles. The van der Waals surface area contributed by atoms with Crippen LogP contribution in [0.15, 0.2) is 18.8 Å². The summed E-state index contributed by atoms with van der Waals surface area (Å²) in [4.78, 5) is 4.28. The largest absolute Gasteiger partial charge is 0.397 e. The molecule has 13 heavy (non-hydrogen) atoms. The zero-order valence-electron chi connectivity index (χ0n) is 8.25. The van der Waals surface area contributed by atoms with Crippen molar-refractivity contribution in [2.75, 3.05) is 5.73 Å². The molecule has 0 amide bonds. The summed E-state index contributed by atoms with van der Waals surface area (Å²) in [7, 11) is 0. The Bertz CT molecular complexity index is 305. The van der Waals surface area contributed by atoms with Crippen molar-refractivity contribution in [3.05, 3.63) is 30.1 Å². The van der Waals surface area contributed by atoms with Crippen LogP contribution in [0.3, 0.4) is 0 Å². The van der Waals surface area contributed by atoms with Crippen LogP contribution in [-0.4, -0.2) is 4.98 Å². The standard InChI is InChI=1S/C11H16N2/c1-4-8(3)11-10(12)9(5-2)6-7-13-11/h5-8H,2,4,12H2,1,3H3. The fourth-order valence-electron chi connectivity index (χ4n) is 1.27. The number of anilines is 1. The van der Waals surface area contributed by atoms with Crippen molar-refractivity contribution >= 4 is 11.8 Å². The number of hydrogen-bond donors (Lipinski definition) is 1. The molecule has 2 N–H and O–H groups in total. The number of pyridine rings is 1. The van der Waals surface area contributed by atoms with Gasteiger partial charge in [-0.1, -0.05) is 26.5 Å². The molecule has 2 heteroatoms. The van der Waals surface area contributed by atoms with Gasteiger partial charge < -0.3 is 5.73 Å². The first-order valence-electron chi connectivity index (χ1n) is 4.57. The third-order valence-electron chi connectivity index (χ3n) is 2.35. The SMILES string of the molecule is C=Cc1ccnc(C(C)CC)c1N. The van der Waals surface area contributed by atoms with Crippen LogP contribution in [0.5, 0.6) is 0 Å². The molecule has 2 nitrogen and oxygen atoms in total. The smallest absolute Gasteiger partial charge is 0.0666 e.